The van der Waals surface area contributed by atoms with E-state index in [1.54, 1.807) is 0 Å². The Bertz CT molecular complexity index is 740. The molecule has 0 saturated carbocycles. The summed E-state index contributed by atoms with van der Waals surface area (Å²) in [5.41, 5.74) is 0.639. The van der Waals surface area contributed by atoms with E-state index in [4.69, 9.17) is 5.84 Å². The number of nitrogens with one attached hydrogen (secondary N) is 1. The van der Waals surface area contributed by atoms with E-state index < -0.39 is 11.5 Å². The van der Waals surface area contributed by atoms with Gasteiger partial charge in [-0.15, -0.1) is 4.68 Å². The molecule has 1 aromatic heterocycles. The summed E-state index contributed by atoms with van der Waals surface area (Å²) in [7, 11) is 0. The van der Waals surface area contributed by atoms with E-state index in [-0.39, 0.29) is 12.2 Å². The van der Waals surface area contributed by atoms with Gasteiger partial charge >= 0.3 is 5.56 Å². The molecule has 0 fully saturated rings. The monoisotopic (exact) mass is 258 g/mol. The molecule has 1 aromatic carbocycles. The Balaban J connectivity index is 2.12. The maximum atomic E-state index is 11.7. The van der Waals surface area contributed by atoms with Crippen molar-refractivity contribution in [2.75, 3.05) is 5.84 Å². The molecule has 0 bridgehead atoms. The van der Waals surface area contributed by atoms with Gasteiger partial charge in [-0.2, -0.15) is 10.2 Å². The Morgan fingerprint density at radius 3 is 2.79 bits per heavy atom. The van der Waals surface area contributed by atoms with Crippen molar-refractivity contribution in [2.45, 2.75) is 6.54 Å². The Morgan fingerprint density at radius 1 is 1.32 bits per heavy atom. The van der Waals surface area contributed by atoms with E-state index in [9.17, 15) is 9.90 Å². The van der Waals surface area contributed by atoms with Crippen LogP contribution in [0.15, 0.2) is 45.3 Å². The molecule has 0 aliphatic carbocycles. The first kappa shape index (κ1) is 11.2. The van der Waals surface area contributed by atoms with Crippen LogP contribution in [0.5, 0.6) is 0 Å². The van der Waals surface area contributed by atoms with Gasteiger partial charge in [0, 0.05) is 5.56 Å². The number of nitrogens with two attached hydrogens (primary N) is 1. The van der Waals surface area contributed by atoms with Crippen LogP contribution in [0.1, 0.15) is 11.3 Å². The van der Waals surface area contributed by atoms with Gasteiger partial charge in [-0.25, -0.2) is 10.6 Å². The number of aromatic amines is 1. The van der Waals surface area contributed by atoms with Gasteiger partial charge in [0.25, 0.3) is 5.69 Å². The van der Waals surface area contributed by atoms with Gasteiger partial charge in [-0.3, -0.25) is 0 Å². The quantitative estimate of drug-likeness (QED) is 0.442. The highest BCUT2D eigenvalue weighted by molar-refractivity contribution is 6.00. The van der Waals surface area contributed by atoms with Crippen molar-refractivity contribution in [3.05, 3.63) is 51.9 Å². The molecule has 2 heterocycles. The van der Waals surface area contributed by atoms with Crippen molar-refractivity contribution in [1.29, 1.82) is 0 Å². The molecule has 2 aromatic rings. The molecule has 0 radical (unpaired) electrons. The second-order valence-corrected chi connectivity index (χ2v) is 4.03. The minimum absolute atomic E-state index is 0.128. The topological polar surface area (TPSA) is 115 Å². The number of hydrogen-bond donors (Lipinski definition) is 2. The van der Waals surface area contributed by atoms with Gasteiger partial charge in [-0.1, -0.05) is 35.5 Å². The number of nitrogens with zero attached hydrogens (tertiary/aromatic N) is 4. The number of hydrogen-bond acceptors (Lipinski definition) is 5. The minimum Gasteiger partial charge on any atom is -0.854 e. The zero-order valence-corrected chi connectivity index (χ0v) is 9.78. The summed E-state index contributed by atoms with van der Waals surface area (Å²) in [5.74, 6) is 4.70. The molecule has 1 aliphatic rings. The van der Waals surface area contributed by atoms with Crippen LogP contribution >= 0.6 is 0 Å². The summed E-state index contributed by atoms with van der Waals surface area (Å²) in [6.45, 7) is 0.216. The molecule has 8 nitrogen and oxygen atoms in total. The zero-order valence-electron chi connectivity index (χ0n) is 9.78. The summed E-state index contributed by atoms with van der Waals surface area (Å²) < 4.78 is 1.34. The Labute approximate surface area is 107 Å². The smallest absolute Gasteiger partial charge is 0.425 e. The average Bonchev–Trinajstić information content (AvgIpc) is 2.60. The number of benzene rings is 1. The lowest BCUT2D eigenvalue weighted by Crippen LogP contribution is -2.47. The minimum atomic E-state index is -0.712. The van der Waals surface area contributed by atoms with Crippen LogP contribution < -0.4 is 21.2 Å². The largest absolute Gasteiger partial charge is 0.854 e. The SMILES string of the molecule is Nn1[nH][n+]2c(c1=O)C([O-])=NN=C(c1ccccc1)C2. The Morgan fingerprint density at radius 2 is 2.05 bits per heavy atom. The van der Waals surface area contributed by atoms with Gasteiger partial charge in [0.15, 0.2) is 6.54 Å². The van der Waals surface area contributed by atoms with Gasteiger partial charge in [0.2, 0.25) is 0 Å². The van der Waals surface area contributed by atoms with Crippen LogP contribution in [0, 0.1) is 0 Å². The number of aromatic nitrogens is 3. The molecule has 3 N–H and O–H groups in total. The van der Waals surface area contributed by atoms with Gasteiger partial charge in [-0.05, 0) is 4.79 Å². The molecule has 3 rings (SSSR count). The molecule has 0 atom stereocenters. The number of fused-ring (bicyclic) bond motifs is 1. The molecular formula is C11H10N6O2. The summed E-state index contributed by atoms with van der Waals surface area (Å²) in [6.07, 6.45) is 0. The summed E-state index contributed by atoms with van der Waals surface area (Å²) in [5, 5.41) is 21.7. The number of nitrogen functional groups attached to an aromatic ring is 1. The number of rotatable bonds is 1. The van der Waals surface area contributed by atoms with E-state index in [0.717, 1.165) is 10.4 Å². The summed E-state index contributed by atoms with van der Waals surface area (Å²) in [4.78, 5) is 12.4. The second kappa shape index (κ2) is 4.09. The van der Waals surface area contributed by atoms with Crippen LogP contribution in [0.2, 0.25) is 0 Å². The first-order chi connectivity index (χ1) is 9.16. The van der Waals surface area contributed by atoms with E-state index in [2.05, 4.69) is 15.4 Å². The van der Waals surface area contributed by atoms with Crippen LogP contribution in [0.3, 0.4) is 0 Å². The van der Waals surface area contributed by atoms with Crippen molar-refractivity contribution >= 4 is 11.6 Å². The van der Waals surface area contributed by atoms with E-state index in [0.29, 0.717) is 5.71 Å². The molecule has 8 heteroatoms. The number of H-pyrrole nitrogens is 1. The van der Waals surface area contributed by atoms with Crippen molar-refractivity contribution < 1.29 is 9.79 Å². The Kier molecular flexibility index (Phi) is 2.41. The van der Waals surface area contributed by atoms with Crippen LogP contribution in [0.4, 0.5) is 0 Å². The predicted octanol–water partition coefficient (Wildman–Crippen LogP) is -2.30. The van der Waals surface area contributed by atoms with Crippen LogP contribution in [-0.4, -0.2) is 21.6 Å². The van der Waals surface area contributed by atoms with Crippen molar-refractivity contribution in [3.8, 4) is 0 Å². The van der Waals surface area contributed by atoms with Crippen molar-refractivity contribution in [3.63, 3.8) is 0 Å². The van der Waals surface area contributed by atoms with E-state index in [1.165, 1.54) is 4.68 Å². The molecule has 1 aliphatic heterocycles. The maximum absolute atomic E-state index is 11.7. The standard InChI is InChI=1S/C11H10N6O2/c12-17-11(19)9-10(18)14-13-8(6-16(9)15-17)7-4-2-1-3-5-7/h1-5H,6H2,(H3-,12,14,15,18,19). The van der Waals surface area contributed by atoms with E-state index in [1.807, 2.05) is 30.3 Å². The van der Waals surface area contributed by atoms with Crippen molar-refractivity contribution in [1.82, 2.24) is 10.0 Å². The van der Waals surface area contributed by atoms with Crippen LogP contribution in [-0.2, 0) is 6.54 Å². The molecule has 0 amide bonds. The van der Waals surface area contributed by atoms with Crippen LogP contribution in [0.25, 0.3) is 0 Å². The molecule has 0 unspecified atom stereocenters. The van der Waals surface area contributed by atoms with Gasteiger partial charge < -0.3 is 5.11 Å². The molecule has 96 valence electrons. The highest BCUT2D eigenvalue weighted by Crippen LogP contribution is 2.04. The maximum Gasteiger partial charge on any atom is 0.425 e. The highest BCUT2D eigenvalue weighted by atomic mass is 16.3. The highest BCUT2D eigenvalue weighted by Gasteiger charge is 2.24. The fourth-order valence-electron chi connectivity index (χ4n) is 1.89. The fourth-order valence-corrected chi connectivity index (χ4v) is 1.89. The third kappa shape index (κ3) is 1.79. The fraction of sp³-hybridized carbons (Fsp3) is 0.0909. The van der Waals surface area contributed by atoms with Gasteiger partial charge in [0.1, 0.15) is 5.71 Å². The second-order valence-electron chi connectivity index (χ2n) is 4.03. The first-order valence-corrected chi connectivity index (χ1v) is 5.54. The van der Waals surface area contributed by atoms with E-state index >= 15 is 0 Å². The lowest BCUT2D eigenvalue weighted by Gasteiger charge is -2.01. The first-order valence-electron chi connectivity index (χ1n) is 5.54. The third-order valence-electron chi connectivity index (χ3n) is 2.80. The lowest BCUT2D eigenvalue weighted by molar-refractivity contribution is -0.743. The molecular weight excluding hydrogens is 248 g/mol. The lowest BCUT2D eigenvalue weighted by atomic mass is 10.1. The molecule has 0 spiro atoms. The summed E-state index contributed by atoms with van der Waals surface area (Å²) in [6, 6.07) is 9.28. The summed E-state index contributed by atoms with van der Waals surface area (Å²) >= 11 is 0. The predicted molar refractivity (Wildman–Crippen MR) is 64.9 cm³/mol. The van der Waals surface area contributed by atoms with Gasteiger partial charge in [0.05, 0.1) is 5.90 Å². The van der Waals surface area contributed by atoms with Crippen molar-refractivity contribution in [2.24, 2.45) is 10.2 Å². The zero-order chi connectivity index (χ0) is 13.4. The normalized spacial score (nSPS) is 14.3. The molecule has 0 saturated heterocycles. The third-order valence-corrected chi connectivity index (χ3v) is 2.80. The Hall–Kier alpha value is -2.90. The average molecular weight is 258 g/mol. The molecule has 19 heavy (non-hydrogen) atoms.